The molecule has 3 rings (SSSR count). The van der Waals surface area contributed by atoms with Crippen LogP contribution < -0.4 is 4.90 Å². The summed E-state index contributed by atoms with van der Waals surface area (Å²) in [6.45, 7) is 9.29. The summed E-state index contributed by atoms with van der Waals surface area (Å²) in [7, 11) is 0. The molecule has 1 aliphatic heterocycles. The Kier molecular flexibility index (Phi) is 4.88. The number of aryl methyl sites for hydroxylation is 3. The first-order chi connectivity index (χ1) is 11.5. The quantitative estimate of drug-likeness (QED) is 0.866. The Morgan fingerprint density at radius 2 is 1.92 bits per heavy atom. The van der Waals surface area contributed by atoms with Crippen molar-refractivity contribution >= 4 is 11.6 Å². The summed E-state index contributed by atoms with van der Waals surface area (Å²) in [4.78, 5) is 16.8. The third-order valence-electron chi connectivity index (χ3n) is 4.77. The second-order valence-electron chi connectivity index (χ2n) is 6.51. The van der Waals surface area contributed by atoms with E-state index in [4.69, 9.17) is 4.52 Å². The van der Waals surface area contributed by atoms with Crippen LogP contribution in [-0.4, -0.2) is 42.1 Å². The lowest BCUT2D eigenvalue weighted by molar-refractivity contribution is -0.131. The second-order valence-corrected chi connectivity index (χ2v) is 6.51. The Balaban J connectivity index is 1.52. The molecule has 0 spiro atoms. The molecule has 0 saturated carbocycles. The van der Waals surface area contributed by atoms with Crippen LogP contribution in [0, 0.1) is 20.8 Å². The first-order valence-electron chi connectivity index (χ1n) is 8.56. The van der Waals surface area contributed by atoms with Gasteiger partial charge in [0, 0.05) is 43.9 Å². The molecular formula is C19H25N3O2. The highest BCUT2D eigenvalue weighted by Gasteiger charge is 2.22. The Bertz CT molecular complexity index is 696. The Morgan fingerprint density at radius 1 is 1.17 bits per heavy atom. The van der Waals surface area contributed by atoms with Gasteiger partial charge in [-0.2, -0.15) is 0 Å². The van der Waals surface area contributed by atoms with Crippen LogP contribution in [0.15, 0.2) is 28.8 Å². The molecule has 1 aromatic carbocycles. The molecule has 0 radical (unpaired) electrons. The van der Waals surface area contributed by atoms with Gasteiger partial charge < -0.3 is 14.3 Å². The van der Waals surface area contributed by atoms with E-state index in [0.717, 1.165) is 43.2 Å². The fraction of sp³-hybridized carbons (Fsp3) is 0.474. The maximum absolute atomic E-state index is 12.5. The number of carbonyl (C=O) groups excluding carboxylic acids is 1. The van der Waals surface area contributed by atoms with Gasteiger partial charge in [-0.05, 0) is 44.9 Å². The molecule has 2 aromatic rings. The number of piperazine rings is 1. The predicted molar refractivity (Wildman–Crippen MR) is 94.3 cm³/mol. The van der Waals surface area contributed by atoms with Gasteiger partial charge in [-0.3, -0.25) is 4.79 Å². The minimum absolute atomic E-state index is 0.221. The Labute approximate surface area is 143 Å². The average molecular weight is 327 g/mol. The lowest BCUT2D eigenvalue weighted by Crippen LogP contribution is -2.48. The maximum atomic E-state index is 12.5. The van der Waals surface area contributed by atoms with E-state index >= 15 is 0 Å². The van der Waals surface area contributed by atoms with Gasteiger partial charge in [-0.15, -0.1) is 0 Å². The molecule has 1 aromatic heterocycles. The van der Waals surface area contributed by atoms with Crippen molar-refractivity contribution < 1.29 is 9.32 Å². The molecule has 1 saturated heterocycles. The number of anilines is 1. The van der Waals surface area contributed by atoms with Crippen LogP contribution >= 0.6 is 0 Å². The topological polar surface area (TPSA) is 49.6 Å². The first-order valence-corrected chi connectivity index (χ1v) is 8.56. The normalized spacial score (nSPS) is 15.0. The van der Waals surface area contributed by atoms with E-state index < -0.39 is 0 Å². The van der Waals surface area contributed by atoms with Gasteiger partial charge in [0.25, 0.3) is 0 Å². The van der Waals surface area contributed by atoms with Crippen LogP contribution in [0.5, 0.6) is 0 Å². The van der Waals surface area contributed by atoms with E-state index in [9.17, 15) is 4.79 Å². The molecular weight excluding hydrogens is 302 g/mol. The summed E-state index contributed by atoms with van der Waals surface area (Å²) < 4.78 is 5.16. The fourth-order valence-corrected chi connectivity index (χ4v) is 3.29. The zero-order chi connectivity index (χ0) is 17.1. The van der Waals surface area contributed by atoms with E-state index in [1.807, 2.05) is 18.7 Å². The van der Waals surface area contributed by atoms with Gasteiger partial charge in [-0.1, -0.05) is 17.3 Å². The van der Waals surface area contributed by atoms with Crippen molar-refractivity contribution in [1.82, 2.24) is 10.1 Å². The zero-order valence-electron chi connectivity index (χ0n) is 14.7. The van der Waals surface area contributed by atoms with Gasteiger partial charge in [0.1, 0.15) is 5.76 Å². The molecule has 5 nitrogen and oxygen atoms in total. The molecule has 0 N–H and O–H groups in total. The SMILES string of the molecule is Cc1cccc(N2CCN(C(=O)CCc3c(C)noc3C)CC2)c1. The number of amides is 1. The molecule has 1 amide bonds. The number of benzene rings is 1. The lowest BCUT2D eigenvalue weighted by Gasteiger charge is -2.36. The van der Waals surface area contributed by atoms with E-state index in [2.05, 4.69) is 41.2 Å². The van der Waals surface area contributed by atoms with Crippen LogP contribution in [-0.2, 0) is 11.2 Å². The third-order valence-corrected chi connectivity index (χ3v) is 4.77. The molecule has 0 unspecified atom stereocenters. The van der Waals surface area contributed by atoms with Gasteiger partial charge in [0.05, 0.1) is 5.69 Å². The second kappa shape index (κ2) is 7.07. The van der Waals surface area contributed by atoms with Gasteiger partial charge >= 0.3 is 0 Å². The fourth-order valence-electron chi connectivity index (χ4n) is 3.29. The summed E-state index contributed by atoms with van der Waals surface area (Å²) in [6.07, 6.45) is 1.23. The number of hydrogen-bond donors (Lipinski definition) is 0. The smallest absolute Gasteiger partial charge is 0.223 e. The molecule has 1 aliphatic rings. The van der Waals surface area contributed by atoms with Crippen molar-refractivity contribution in [3.8, 4) is 0 Å². The van der Waals surface area contributed by atoms with Crippen LogP contribution in [0.1, 0.15) is 29.0 Å². The van der Waals surface area contributed by atoms with Crippen molar-refractivity contribution in [2.45, 2.75) is 33.6 Å². The van der Waals surface area contributed by atoms with E-state index in [1.165, 1.54) is 11.3 Å². The number of aromatic nitrogens is 1. The van der Waals surface area contributed by atoms with Crippen molar-refractivity contribution in [1.29, 1.82) is 0 Å². The summed E-state index contributed by atoms with van der Waals surface area (Å²) in [5.41, 5.74) is 4.48. The number of rotatable bonds is 4. The van der Waals surface area contributed by atoms with E-state index in [0.29, 0.717) is 12.8 Å². The molecule has 128 valence electrons. The summed E-state index contributed by atoms with van der Waals surface area (Å²) in [6, 6.07) is 8.54. The van der Waals surface area contributed by atoms with Crippen molar-refractivity contribution in [2.24, 2.45) is 0 Å². The maximum Gasteiger partial charge on any atom is 0.223 e. The van der Waals surface area contributed by atoms with Crippen LogP contribution in [0.2, 0.25) is 0 Å². The van der Waals surface area contributed by atoms with Crippen molar-refractivity contribution in [3.63, 3.8) is 0 Å². The predicted octanol–water partition coefficient (Wildman–Crippen LogP) is 2.88. The van der Waals surface area contributed by atoms with Crippen LogP contribution in [0.3, 0.4) is 0 Å². The Morgan fingerprint density at radius 3 is 2.54 bits per heavy atom. The molecule has 1 fully saturated rings. The van der Waals surface area contributed by atoms with Crippen molar-refractivity contribution in [3.05, 3.63) is 46.8 Å². The van der Waals surface area contributed by atoms with Crippen molar-refractivity contribution in [2.75, 3.05) is 31.1 Å². The minimum Gasteiger partial charge on any atom is -0.368 e. The van der Waals surface area contributed by atoms with Crippen LogP contribution in [0.4, 0.5) is 5.69 Å². The highest BCUT2D eigenvalue weighted by Crippen LogP contribution is 2.19. The summed E-state index contributed by atoms with van der Waals surface area (Å²) in [5, 5.41) is 3.95. The average Bonchev–Trinajstić information content (AvgIpc) is 2.91. The highest BCUT2D eigenvalue weighted by molar-refractivity contribution is 5.77. The zero-order valence-corrected chi connectivity index (χ0v) is 14.7. The Hall–Kier alpha value is -2.30. The highest BCUT2D eigenvalue weighted by atomic mass is 16.5. The van der Waals surface area contributed by atoms with Gasteiger partial charge in [-0.25, -0.2) is 0 Å². The van der Waals surface area contributed by atoms with Crippen LogP contribution in [0.25, 0.3) is 0 Å². The number of carbonyl (C=O) groups is 1. The largest absolute Gasteiger partial charge is 0.368 e. The van der Waals surface area contributed by atoms with Gasteiger partial charge in [0.15, 0.2) is 0 Å². The standard InChI is InChI=1S/C19H25N3O2/c1-14-5-4-6-17(13-14)21-9-11-22(12-10-21)19(23)8-7-18-15(2)20-24-16(18)3/h4-6,13H,7-12H2,1-3H3. The summed E-state index contributed by atoms with van der Waals surface area (Å²) >= 11 is 0. The molecule has 5 heteroatoms. The third kappa shape index (κ3) is 3.61. The summed E-state index contributed by atoms with van der Waals surface area (Å²) in [5.74, 6) is 1.04. The monoisotopic (exact) mass is 327 g/mol. The lowest BCUT2D eigenvalue weighted by atomic mass is 10.1. The van der Waals surface area contributed by atoms with Gasteiger partial charge in [0.2, 0.25) is 5.91 Å². The number of nitrogens with zero attached hydrogens (tertiary/aromatic N) is 3. The molecule has 0 bridgehead atoms. The molecule has 24 heavy (non-hydrogen) atoms. The van der Waals surface area contributed by atoms with E-state index in [-0.39, 0.29) is 5.91 Å². The number of hydrogen-bond acceptors (Lipinski definition) is 4. The first kappa shape index (κ1) is 16.6. The van der Waals surface area contributed by atoms with E-state index in [1.54, 1.807) is 0 Å². The minimum atomic E-state index is 0.221. The molecule has 0 atom stereocenters. The molecule has 0 aliphatic carbocycles. The molecule has 2 heterocycles.